The lowest BCUT2D eigenvalue weighted by Gasteiger charge is -2.19. The smallest absolute Gasteiger partial charge is 0.191 e. The minimum atomic E-state index is 0.171. The predicted molar refractivity (Wildman–Crippen MR) is 100 cm³/mol. The maximum Gasteiger partial charge on any atom is 0.191 e. The van der Waals surface area contributed by atoms with Gasteiger partial charge in [-0.05, 0) is 18.6 Å². The van der Waals surface area contributed by atoms with Crippen molar-refractivity contribution in [1.29, 1.82) is 0 Å². The van der Waals surface area contributed by atoms with Gasteiger partial charge in [-0.1, -0.05) is 61.2 Å². The fraction of sp³-hybridized carbons (Fsp3) is 0.250. The molecule has 0 radical (unpaired) electrons. The highest BCUT2D eigenvalue weighted by molar-refractivity contribution is 5.80. The zero-order valence-electron chi connectivity index (χ0n) is 14.3. The van der Waals surface area contributed by atoms with Crippen LogP contribution >= 0.6 is 0 Å². The Balaban J connectivity index is 1.96. The van der Waals surface area contributed by atoms with Gasteiger partial charge in [0.15, 0.2) is 5.96 Å². The molecule has 0 fully saturated rings. The molecule has 0 aliphatic heterocycles. The number of para-hydroxylation sites is 1. The molecule has 0 saturated carbocycles. The summed E-state index contributed by atoms with van der Waals surface area (Å²) in [6, 6.07) is 18.4. The van der Waals surface area contributed by atoms with Gasteiger partial charge in [-0.3, -0.25) is 4.99 Å². The molecule has 4 nitrogen and oxygen atoms in total. The van der Waals surface area contributed by atoms with Gasteiger partial charge in [-0.25, -0.2) is 0 Å². The quantitative estimate of drug-likeness (QED) is 0.464. The van der Waals surface area contributed by atoms with Crippen LogP contribution in [0, 0.1) is 0 Å². The van der Waals surface area contributed by atoms with Crippen LogP contribution in [0.15, 0.2) is 72.2 Å². The number of hydrogen-bond donors (Lipinski definition) is 2. The second-order valence-corrected chi connectivity index (χ2v) is 5.41. The number of hydrogen-bond acceptors (Lipinski definition) is 2. The van der Waals surface area contributed by atoms with Gasteiger partial charge in [-0.2, -0.15) is 0 Å². The van der Waals surface area contributed by atoms with Crippen LogP contribution in [0.4, 0.5) is 0 Å². The molecule has 0 bridgehead atoms. The molecule has 2 aromatic rings. The highest BCUT2D eigenvalue weighted by Crippen LogP contribution is 2.17. The molecule has 2 N–H and O–H groups in total. The maximum atomic E-state index is 5.68. The average Bonchev–Trinajstić information content (AvgIpc) is 2.64. The summed E-state index contributed by atoms with van der Waals surface area (Å²) in [6.45, 7) is 6.93. The SMILES string of the molecule is C=CCOc1ccccc1CNC(=NC)NC(C)c1ccccc1. The summed E-state index contributed by atoms with van der Waals surface area (Å²) in [7, 11) is 1.77. The van der Waals surface area contributed by atoms with Crippen LogP contribution in [0.5, 0.6) is 5.75 Å². The Morgan fingerprint density at radius 2 is 1.88 bits per heavy atom. The van der Waals surface area contributed by atoms with E-state index in [1.165, 1.54) is 5.56 Å². The second kappa shape index (κ2) is 9.40. The van der Waals surface area contributed by atoms with Gasteiger partial charge in [0.05, 0.1) is 6.04 Å². The lowest BCUT2D eigenvalue weighted by atomic mass is 10.1. The van der Waals surface area contributed by atoms with E-state index in [1.807, 2.05) is 42.5 Å². The summed E-state index contributed by atoms with van der Waals surface area (Å²) >= 11 is 0. The van der Waals surface area contributed by atoms with Crippen molar-refractivity contribution in [2.75, 3.05) is 13.7 Å². The van der Waals surface area contributed by atoms with Gasteiger partial charge >= 0.3 is 0 Å². The van der Waals surface area contributed by atoms with Gasteiger partial charge in [0, 0.05) is 19.2 Å². The van der Waals surface area contributed by atoms with E-state index in [9.17, 15) is 0 Å². The first-order chi connectivity index (χ1) is 11.7. The van der Waals surface area contributed by atoms with E-state index in [4.69, 9.17) is 4.74 Å². The fourth-order valence-corrected chi connectivity index (χ4v) is 2.34. The number of nitrogens with zero attached hydrogens (tertiary/aromatic N) is 1. The fourth-order valence-electron chi connectivity index (χ4n) is 2.34. The number of rotatable bonds is 7. The van der Waals surface area contributed by atoms with Crippen molar-refractivity contribution in [3.05, 3.63) is 78.4 Å². The van der Waals surface area contributed by atoms with E-state index in [-0.39, 0.29) is 6.04 Å². The summed E-state index contributed by atoms with van der Waals surface area (Å²) in [5, 5.41) is 6.73. The van der Waals surface area contributed by atoms with Crippen molar-refractivity contribution in [2.45, 2.75) is 19.5 Å². The minimum Gasteiger partial charge on any atom is -0.489 e. The topological polar surface area (TPSA) is 45.6 Å². The highest BCUT2D eigenvalue weighted by Gasteiger charge is 2.08. The summed E-state index contributed by atoms with van der Waals surface area (Å²) < 4.78 is 5.68. The molecule has 1 unspecified atom stereocenters. The van der Waals surface area contributed by atoms with E-state index in [1.54, 1.807) is 13.1 Å². The summed E-state index contributed by atoms with van der Waals surface area (Å²) in [6.07, 6.45) is 1.74. The molecule has 126 valence electrons. The Morgan fingerprint density at radius 3 is 2.58 bits per heavy atom. The van der Waals surface area contributed by atoms with Gasteiger partial charge < -0.3 is 15.4 Å². The van der Waals surface area contributed by atoms with E-state index in [0.717, 1.165) is 17.3 Å². The molecule has 0 saturated heterocycles. The number of ether oxygens (including phenoxy) is 1. The molecule has 2 rings (SSSR count). The number of benzene rings is 2. The zero-order chi connectivity index (χ0) is 17.2. The largest absolute Gasteiger partial charge is 0.489 e. The van der Waals surface area contributed by atoms with E-state index < -0.39 is 0 Å². The molecule has 0 heterocycles. The van der Waals surface area contributed by atoms with Crippen LogP contribution in [0.3, 0.4) is 0 Å². The zero-order valence-corrected chi connectivity index (χ0v) is 14.3. The third kappa shape index (κ3) is 5.16. The molecule has 2 aromatic carbocycles. The number of aliphatic imine (C=N–C) groups is 1. The Kier molecular flexibility index (Phi) is 6.90. The van der Waals surface area contributed by atoms with Gasteiger partial charge in [0.1, 0.15) is 12.4 Å². The van der Waals surface area contributed by atoms with Crippen LogP contribution in [-0.4, -0.2) is 19.6 Å². The van der Waals surface area contributed by atoms with E-state index >= 15 is 0 Å². The summed E-state index contributed by atoms with van der Waals surface area (Å²) in [4.78, 5) is 4.30. The van der Waals surface area contributed by atoms with Crippen LogP contribution in [0.25, 0.3) is 0 Å². The number of nitrogens with one attached hydrogen (secondary N) is 2. The molecule has 4 heteroatoms. The highest BCUT2D eigenvalue weighted by atomic mass is 16.5. The standard InChI is InChI=1S/C20H25N3O/c1-4-14-24-19-13-9-8-12-18(19)15-22-20(21-3)23-16(2)17-10-6-5-7-11-17/h4-13,16H,1,14-15H2,2-3H3,(H2,21,22,23). The van der Waals surface area contributed by atoms with Gasteiger partial charge in [0.2, 0.25) is 0 Å². The maximum absolute atomic E-state index is 5.68. The van der Waals surface area contributed by atoms with Gasteiger partial charge in [-0.15, -0.1) is 0 Å². The lowest BCUT2D eigenvalue weighted by molar-refractivity contribution is 0.358. The molecule has 1 atom stereocenters. The molecule has 24 heavy (non-hydrogen) atoms. The van der Waals surface area contributed by atoms with Crippen molar-refractivity contribution in [3.63, 3.8) is 0 Å². The molecular formula is C20H25N3O. The monoisotopic (exact) mass is 323 g/mol. The Labute approximate surface area is 144 Å². The van der Waals surface area contributed by atoms with Crippen LogP contribution in [0.1, 0.15) is 24.1 Å². The average molecular weight is 323 g/mol. The molecule has 0 aliphatic rings. The van der Waals surface area contributed by atoms with E-state index in [2.05, 4.69) is 41.3 Å². The van der Waals surface area contributed by atoms with Crippen molar-refractivity contribution >= 4 is 5.96 Å². The Hall–Kier alpha value is -2.75. The molecule has 0 amide bonds. The first-order valence-corrected chi connectivity index (χ1v) is 8.08. The van der Waals surface area contributed by atoms with Crippen molar-refractivity contribution in [1.82, 2.24) is 10.6 Å². The summed E-state index contributed by atoms with van der Waals surface area (Å²) in [5.41, 5.74) is 2.30. The third-order valence-corrected chi connectivity index (χ3v) is 3.65. The molecule has 0 spiro atoms. The van der Waals surface area contributed by atoms with Crippen molar-refractivity contribution in [2.24, 2.45) is 4.99 Å². The Morgan fingerprint density at radius 1 is 1.17 bits per heavy atom. The first kappa shape index (κ1) is 17.6. The predicted octanol–water partition coefficient (Wildman–Crippen LogP) is 3.68. The third-order valence-electron chi connectivity index (χ3n) is 3.65. The molecular weight excluding hydrogens is 298 g/mol. The van der Waals surface area contributed by atoms with Crippen molar-refractivity contribution < 1.29 is 4.74 Å². The van der Waals surface area contributed by atoms with Crippen LogP contribution < -0.4 is 15.4 Å². The lowest BCUT2D eigenvalue weighted by Crippen LogP contribution is -2.38. The number of guanidine groups is 1. The normalized spacial score (nSPS) is 12.3. The Bertz CT molecular complexity index is 668. The molecule has 0 aromatic heterocycles. The van der Waals surface area contributed by atoms with Crippen LogP contribution in [-0.2, 0) is 6.54 Å². The molecule has 0 aliphatic carbocycles. The second-order valence-electron chi connectivity index (χ2n) is 5.41. The van der Waals surface area contributed by atoms with E-state index in [0.29, 0.717) is 13.2 Å². The summed E-state index contributed by atoms with van der Waals surface area (Å²) in [5.74, 6) is 1.61. The van der Waals surface area contributed by atoms with Crippen molar-refractivity contribution in [3.8, 4) is 5.75 Å². The van der Waals surface area contributed by atoms with Gasteiger partial charge in [0.25, 0.3) is 0 Å². The van der Waals surface area contributed by atoms with Crippen LogP contribution in [0.2, 0.25) is 0 Å². The first-order valence-electron chi connectivity index (χ1n) is 8.08. The minimum absolute atomic E-state index is 0.171.